The molecule has 0 aliphatic carbocycles. The van der Waals surface area contributed by atoms with Crippen molar-refractivity contribution in [3.05, 3.63) is 17.3 Å². The van der Waals surface area contributed by atoms with Crippen molar-refractivity contribution in [2.45, 2.75) is 20.3 Å². The van der Waals surface area contributed by atoms with Crippen molar-refractivity contribution >= 4 is 22.8 Å². The van der Waals surface area contributed by atoms with Gasteiger partial charge >= 0.3 is 0 Å². The highest BCUT2D eigenvalue weighted by Crippen LogP contribution is 2.37. The number of nitrogens with two attached hydrogens (primary N) is 1. The van der Waals surface area contributed by atoms with Gasteiger partial charge in [-0.3, -0.25) is 0 Å². The number of ether oxygens (including phenoxy) is 1. The first-order chi connectivity index (χ1) is 11.5. The molecular weight excluding hydrogens is 304 g/mol. The molecule has 2 aromatic heterocycles. The lowest BCUT2D eigenvalue weighted by Crippen LogP contribution is -2.57. The van der Waals surface area contributed by atoms with Crippen molar-refractivity contribution in [3.8, 4) is 0 Å². The summed E-state index contributed by atoms with van der Waals surface area (Å²) in [5, 5.41) is 4.12. The van der Waals surface area contributed by atoms with Crippen molar-refractivity contribution in [1.82, 2.24) is 19.9 Å². The van der Waals surface area contributed by atoms with Crippen LogP contribution in [0.2, 0.25) is 0 Å². The molecule has 2 fully saturated rings. The molecule has 2 aromatic rings. The zero-order chi connectivity index (χ0) is 16.7. The van der Waals surface area contributed by atoms with Gasteiger partial charge in [-0.05, 0) is 31.9 Å². The third-order valence-corrected chi connectivity index (χ3v) is 5.03. The summed E-state index contributed by atoms with van der Waals surface area (Å²) in [7, 11) is 0. The predicted octanol–water partition coefficient (Wildman–Crippen LogP) is 1.36. The lowest BCUT2D eigenvalue weighted by atomic mass is 9.79. The van der Waals surface area contributed by atoms with Crippen molar-refractivity contribution in [1.29, 1.82) is 0 Å². The van der Waals surface area contributed by atoms with Crippen molar-refractivity contribution in [3.63, 3.8) is 0 Å². The second kappa shape index (κ2) is 5.82. The monoisotopic (exact) mass is 328 g/mol. The standard InChI is InChI=1S/C17H24N6O/c1-11-7-12(2)20-15-13(11)14(18)21-16(22-15)19-4-5-23-8-17(9-23)3-6-24-10-17/h7H,3-6,8-10H2,1-2H3,(H3,18,19,20,21,22). The summed E-state index contributed by atoms with van der Waals surface area (Å²) >= 11 is 0. The summed E-state index contributed by atoms with van der Waals surface area (Å²) in [4.78, 5) is 15.8. The number of aromatic nitrogens is 3. The van der Waals surface area contributed by atoms with E-state index in [2.05, 4.69) is 25.2 Å². The smallest absolute Gasteiger partial charge is 0.226 e. The largest absolute Gasteiger partial charge is 0.383 e. The molecule has 0 atom stereocenters. The summed E-state index contributed by atoms with van der Waals surface area (Å²) in [6.07, 6.45) is 1.20. The molecule has 0 radical (unpaired) electrons. The number of pyridine rings is 1. The predicted molar refractivity (Wildman–Crippen MR) is 94.0 cm³/mol. The van der Waals surface area contributed by atoms with Gasteiger partial charge in [0.1, 0.15) is 5.82 Å². The van der Waals surface area contributed by atoms with E-state index in [1.54, 1.807) is 0 Å². The van der Waals surface area contributed by atoms with Gasteiger partial charge in [0, 0.05) is 43.9 Å². The molecule has 0 aromatic carbocycles. The Morgan fingerprint density at radius 1 is 1.29 bits per heavy atom. The van der Waals surface area contributed by atoms with E-state index in [9.17, 15) is 0 Å². The van der Waals surface area contributed by atoms with Gasteiger partial charge in [0.2, 0.25) is 5.95 Å². The van der Waals surface area contributed by atoms with Gasteiger partial charge < -0.3 is 20.7 Å². The summed E-state index contributed by atoms with van der Waals surface area (Å²) in [6.45, 7) is 9.86. The molecule has 4 rings (SSSR count). The topological polar surface area (TPSA) is 89.2 Å². The number of fused-ring (bicyclic) bond motifs is 1. The zero-order valence-corrected chi connectivity index (χ0v) is 14.3. The van der Waals surface area contributed by atoms with E-state index in [0.29, 0.717) is 22.8 Å². The molecule has 0 saturated carbocycles. The summed E-state index contributed by atoms with van der Waals surface area (Å²) in [5.74, 6) is 1.04. The van der Waals surface area contributed by atoms with E-state index in [1.807, 2.05) is 19.9 Å². The number of nitrogens with zero attached hydrogens (tertiary/aromatic N) is 4. The third kappa shape index (κ3) is 2.78. The average Bonchev–Trinajstić information content (AvgIpc) is 2.95. The van der Waals surface area contributed by atoms with Gasteiger partial charge in [0.15, 0.2) is 5.65 Å². The molecular formula is C17H24N6O. The second-order valence-electron chi connectivity index (χ2n) is 7.15. The fraction of sp³-hybridized carbons (Fsp3) is 0.588. The van der Waals surface area contributed by atoms with Crippen LogP contribution in [-0.2, 0) is 4.74 Å². The quantitative estimate of drug-likeness (QED) is 0.876. The Morgan fingerprint density at radius 2 is 2.12 bits per heavy atom. The molecule has 2 saturated heterocycles. The molecule has 7 nitrogen and oxygen atoms in total. The highest BCUT2D eigenvalue weighted by atomic mass is 16.5. The number of hydrogen-bond acceptors (Lipinski definition) is 7. The van der Waals surface area contributed by atoms with Crippen LogP contribution in [0.5, 0.6) is 0 Å². The fourth-order valence-electron chi connectivity index (χ4n) is 3.87. The lowest BCUT2D eigenvalue weighted by Gasteiger charge is -2.47. The minimum atomic E-state index is 0.433. The maximum absolute atomic E-state index is 6.10. The van der Waals surface area contributed by atoms with Gasteiger partial charge in [0.05, 0.1) is 12.0 Å². The Labute approximate surface area is 141 Å². The second-order valence-corrected chi connectivity index (χ2v) is 7.15. The van der Waals surface area contributed by atoms with Crippen molar-refractivity contribution in [2.75, 3.05) is 50.4 Å². The third-order valence-electron chi connectivity index (χ3n) is 5.03. The van der Waals surface area contributed by atoms with Gasteiger partial charge in [-0.1, -0.05) is 0 Å². The molecule has 7 heteroatoms. The van der Waals surface area contributed by atoms with E-state index >= 15 is 0 Å². The van der Waals surface area contributed by atoms with E-state index in [0.717, 1.165) is 56.0 Å². The van der Waals surface area contributed by atoms with Gasteiger partial charge in [0.25, 0.3) is 0 Å². The molecule has 2 aliphatic heterocycles. The highest BCUT2D eigenvalue weighted by molar-refractivity contribution is 5.89. The van der Waals surface area contributed by atoms with Crippen LogP contribution in [0.1, 0.15) is 17.7 Å². The zero-order valence-electron chi connectivity index (χ0n) is 14.3. The molecule has 4 heterocycles. The number of anilines is 2. The van der Waals surface area contributed by atoms with Crippen LogP contribution in [-0.4, -0.2) is 59.2 Å². The Balaban J connectivity index is 1.38. The van der Waals surface area contributed by atoms with E-state index in [-0.39, 0.29) is 0 Å². The Bertz CT molecular complexity index is 763. The summed E-state index contributed by atoms with van der Waals surface area (Å²) < 4.78 is 5.51. The van der Waals surface area contributed by atoms with Crippen LogP contribution >= 0.6 is 0 Å². The maximum atomic E-state index is 6.10. The number of nitrogens with one attached hydrogen (secondary N) is 1. The lowest BCUT2D eigenvalue weighted by molar-refractivity contribution is -0.00368. The van der Waals surface area contributed by atoms with Gasteiger partial charge in [-0.15, -0.1) is 0 Å². The molecule has 0 bridgehead atoms. The first-order valence-corrected chi connectivity index (χ1v) is 8.50. The Kier molecular flexibility index (Phi) is 3.77. The van der Waals surface area contributed by atoms with E-state index < -0.39 is 0 Å². The van der Waals surface area contributed by atoms with E-state index in [4.69, 9.17) is 10.5 Å². The van der Waals surface area contributed by atoms with Gasteiger partial charge in [-0.2, -0.15) is 9.97 Å². The first kappa shape index (κ1) is 15.5. The van der Waals surface area contributed by atoms with Crippen LogP contribution in [0.3, 0.4) is 0 Å². The van der Waals surface area contributed by atoms with E-state index in [1.165, 1.54) is 6.42 Å². The summed E-state index contributed by atoms with van der Waals surface area (Å²) in [5.41, 5.74) is 9.19. The van der Waals surface area contributed by atoms with Crippen LogP contribution in [0.4, 0.5) is 11.8 Å². The molecule has 0 amide bonds. The maximum Gasteiger partial charge on any atom is 0.226 e. The number of likely N-dealkylation sites (tertiary alicyclic amines) is 1. The van der Waals surface area contributed by atoms with Crippen LogP contribution in [0.15, 0.2) is 6.07 Å². The molecule has 1 spiro atoms. The minimum Gasteiger partial charge on any atom is -0.383 e. The number of aryl methyl sites for hydroxylation is 2. The van der Waals surface area contributed by atoms with Crippen molar-refractivity contribution < 1.29 is 4.74 Å². The van der Waals surface area contributed by atoms with Crippen LogP contribution in [0, 0.1) is 19.3 Å². The average molecular weight is 328 g/mol. The molecule has 3 N–H and O–H groups in total. The Hall–Kier alpha value is -1.99. The summed E-state index contributed by atoms with van der Waals surface area (Å²) in [6, 6.07) is 2.00. The molecule has 24 heavy (non-hydrogen) atoms. The highest BCUT2D eigenvalue weighted by Gasteiger charge is 2.45. The molecule has 128 valence electrons. The normalized spacial score (nSPS) is 19.8. The minimum absolute atomic E-state index is 0.433. The van der Waals surface area contributed by atoms with Gasteiger partial charge in [-0.25, -0.2) is 4.98 Å². The number of hydrogen-bond donors (Lipinski definition) is 2. The SMILES string of the molecule is Cc1cc(C)c2c(N)nc(NCCN3CC4(CCOC4)C3)nc2n1. The first-order valence-electron chi connectivity index (χ1n) is 8.50. The number of nitrogen functional groups attached to an aromatic ring is 1. The number of rotatable bonds is 4. The Morgan fingerprint density at radius 3 is 2.88 bits per heavy atom. The van der Waals surface area contributed by atoms with Crippen LogP contribution < -0.4 is 11.1 Å². The molecule has 0 unspecified atom stereocenters. The van der Waals surface area contributed by atoms with Crippen LogP contribution in [0.25, 0.3) is 11.0 Å². The fourth-order valence-corrected chi connectivity index (χ4v) is 3.87. The van der Waals surface area contributed by atoms with Crippen molar-refractivity contribution in [2.24, 2.45) is 5.41 Å². The molecule has 2 aliphatic rings.